The molecule has 19 heavy (non-hydrogen) atoms. The van der Waals surface area contributed by atoms with Crippen molar-refractivity contribution >= 4 is 0 Å². The van der Waals surface area contributed by atoms with E-state index in [1.165, 1.54) is 24.8 Å². The molecule has 1 aromatic carbocycles. The fourth-order valence-electron chi connectivity index (χ4n) is 3.60. The molecule has 1 aliphatic rings. The fourth-order valence-corrected chi connectivity index (χ4v) is 3.60. The average Bonchev–Trinajstić information content (AvgIpc) is 2.40. The Labute approximate surface area is 118 Å². The Bertz CT molecular complexity index is 379. The quantitative estimate of drug-likeness (QED) is 0.846. The molecule has 1 aliphatic carbocycles. The zero-order valence-electron chi connectivity index (χ0n) is 12.9. The van der Waals surface area contributed by atoms with E-state index in [2.05, 4.69) is 57.4 Å². The van der Waals surface area contributed by atoms with E-state index in [0.717, 1.165) is 30.2 Å². The highest BCUT2D eigenvalue weighted by Crippen LogP contribution is 2.42. The lowest BCUT2D eigenvalue weighted by molar-refractivity contribution is 0.192. The van der Waals surface area contributed by atoms with Gasteiger partial charge < -0.3 is 5.32 Å². The maximum atomic E-state index is 3.39. The highest BCUT2D eigenvalue weighted by Gasteiger charge is 2.32. The second-order valence-corrected chi connectivity index (χ2v) is 6.65. The molecule has 1 heteroatoms. The normalized spacial score (nSPS) is 27.7. The van der Waals surface area contributed by atoms with Crippen LogP contribution in [0, 0.1) is 24.7 Å². The van der Waals surface area contributed by atoms with Crippen molar-refractivity contribution in [3.8, 4) is 0 Å². The average molecular weight is 259 g/mol. The molecule has 3 atom stereocenters. The van der Waals surface area contributed by atoms with Crippen molar-refractivity contribution in [1.82, 2.24) is 5.32 Å². The minimum absolute atomic E-state index is 0.745. The van der Waals surface area contributed by atoms with Gasteiger partial charge in [-0.25, -0.2) is 0 Å². The van der Waals surface area contributed by atoms with Crippen molar-refractivity contribution in [2.24, 2.45) is 17.8 Å². The van der Waals surface area contributed by atoms with E-state index in [0.29, 0.717) is 0 Å². The summed E-state index contributed by atoms with van der Waals surface area (Å²) in [5, 5.41) is 3.39. The first-order chi connectivity index (χ1) is 9.11. The van der Waals surface area contributed by atoms with Crippen LogP contribution >= 0.6 is 0 Å². The predicted molar refractivity (Wildman–Crippen MR) is 83.5 cm³/mol. The molecule has 1 N–H and O–H groups in total. The summed E-state index contributed by atoms with van der Waals surface area (Å²) < 4.78 is 0. The molecule has 1 fully saturated rings. The molecule has 106 valence electrons. The van der Waals surface area contributed by atoms with Crippen LogP contribution in [-0.4, -0.2) is 13.6 Å². The maximum Gasteiger partial charge on any atom is -0.00177 e. The van der Waals surface area contributed by atoms with E-state index in [1.54, 1.807) is 5.56 Å². The third kappa shape index (κ3) is 3.60. The van der Waals surface area contributed by atoms with Crippen LogP contribution in [0.1, 0.15) is 50.2 Å². The Hall–Kier alpha value is -0.820. The van der Waals surface area contributed by atoms with Gasteiger partial charge in [0.25, 0.3) is 0 Å². The number of benzene rings is 1. The van der Waals surface area contributed by atoms with E-state index >= 15 is 0 Å². The summed E-state index contributed by atoms with van der Waals surface area (Å²) in [6.07, 6.45) is 4.15. The first-order valence-electron chi connectivity index (χ1n) is 7.83. The smallest absolute Gasteiger partial charge is 0.00177 e. The molecular formula is C18H29N. The maximum absolute atomic E-state index is 3.39. The third-order valence-corrected chi connectivity index (χ3v) is 4.95. The second-order valence-electron chi connectivity index (χ2n) is 6.65. The topological polar surface area (TPSA) is 12.0 Å². The van der Waals surface area contributed by atoms with Gasteiger partial charge in [-0.05, 0) is 69.0 Å². The summed E-state index contributed by atoms with van der Waals surface area (Å²) in [6.45, 7) is 8.10. The van der Waals surface area contributed by atoms with Gasteiger partial charge in [0, 0.05) is 0 Å². The van der Waals surface area contributed by atoms with E-state index < -0.39 is 0 Å². The largest absolute Gasteiger partial charge is 0.319 e. The molecule has 0 heterocycles. The minimum atomic E-state index is 0.745. The van der Waals surface area contributed by atoms with Crippen molar-refractivity contribution in [3.63, 3.8) is 0 Å². The van der Waals surface area contributed by atoms with E-state index in [9.17, 15) is 0 Å². The molecule has 0 amide bonds. The molecule has 0 saturated heterocycles. The van der Waals surface area contributed by atoms with Crippen LogP contribution in [-0.2, 0) is 0 Å². The lowest BCUT2D eigenvalue weighted by Crippen LogP contribution is -2.32. The van der Waals surface area contributed by atoms with Crippen molar-refractivity contribution in [3.05, 3.63) is 35.4 Å². The Kier molecular flexibility index (Phi) is 5.04. The zero-order chi connectivity index (χ0) is 13.8. The SMILES string of the molecule is CNCC1CCC(C(C)C)CC1c1ccc(C)cc1. The monoisotopic (exact) mass is 259 g/mol. The first-order valence-corrected chi connectivity index (χ1v) is 7.83. The van der Waals surface area contributed by atoms with Crippen LogP contribution < -0.4 is 5.32 Å². The Morgan fingerprint density at radius 3 is 2.42 bits per heavy atom. The molecule has 1 nitrogen and oxygen atoms in total. The fraction of sp³-hybridized carbons (Fsp3) is 0.667. The van der Waals surface area contributed by atoms with Crippen molar-refractivity contribution in [2.45, 2.75) is 46.0 Å². The zero-order valence-corrected chi connectivity index (χ0v) is 12.9. The highest BCUT2D eigenvalue weighted by atomic mass is 14.8. The lowest BCUT2D eigenvalue weighted by atomic mass is 9.68. The molecule has 0 bridgehead atoms. The lowest BCUT2D eigenvalue weighted by Gasteiger charge is -2.38. The summed E-state index contributed by atoms with van der Waals surface area (Å²) in [6, 6.07) is 9.24. The van der Waals surface area contributed by atoms with Gasteiger partial charge in [0.05, 0.1) is 0 Å². The van der Waals surface area contributed by atoms with Gasteiger partial charge in [0.1, 0.15) is 0 Å². The van der Waals surface area contributed by atoms with E-state index in [4.69, 9.17) is 0 Å². The molecule has 0 aliphatic heterocycles. The summed E-state index contributed by atoms with van der Waals surface area (Å²) in [5.74, 6) is 3.28. The number of rotatable bonds is 4. The van der Waals surface area contributed by atoms with Gasteiger partial charge >= 0.3 is 0 Å². The van der Waals surface area contributed by atoms with Crippen LogP contribution in [0.3, 0.4) is 0 Å². The molecule has 0 aromatic heterocycles. The number of hydrogen-bond acceptors (Lipinski definition) is 1. The Morgan fingerprint density at radius 1 is 1.16 bits per heavy atom. The van der Waals surface area contributed by atoms with E-state index in [1.807, 2.05) is 0 Å². The molecular weight excluding hydrogens is 230 g/mol. The van der Waals surface area contributed by atoms with Crippen LogP contribution in [0.15, 0.2) is 24.3 Å². The number of hydrogen-bond donors (Lipinski definition) is 1. The summed E-state index contributed by atoms with van der Waals surface area (Å²) in [7, 11) is 2.08. The summed E-state index contributed by atoms with van der Waals surface area (Å²) in [5.41, 5.74) is 2.92. The first kappa shape index (κ1) is 14.6. The molecule has 3 unspecified atom stereocenters. The predicted octanol–water partition coefficient (Wildman–Crippen LogP) is 4.37. The van der Waals surface area contributed by atoms with Gasteiger partial charge in [0.15, 0.2) is 0 Å². The standard InChI is InChI=1S/C18H29N/c1-13(2)16-9-10-17(12-19-4)18(11-16)15-7-5-14(3)6-8-15/h5-8,13,16-19H,9-12H2,1-4H3. The Morgan fingerprint density at radius 2 is 1.84 bits per heavy atom. The molecule has 1 aromatic rings. The Balaban J connectivity index is 2.17. The third-order valence-electron chi connectivity index (χ3n) is 4.95. The highest BCUT2D eigenvalue weighted by molar-refractivity contribution is 5.25. The van der Waals surface area contributed by atoms with E-state index in [-0.39, 0.29) is 0 Å². The second kappa shape index (κ2) is 6.56. The van der Waals surface area contributed by atoms with Gasteiger partial charge in [0.2, 0.25) is 0 Å². The molecule has 0 radical (unpaired) electrons. The summed E-state index contributed by atoms with van der Waals surface area (Å²) in [4.78, 5) is 0. The van der Waals surface area contributed by atoms with Crippen LogP contribution in [0.5, 0.6) is 0 Å². The number of nitrogens with one attached hydrogen (secondary N) is 1. The van der Waals surface area contributed by atoms with Crippen LogP contribution in [0.4, 0.5) is 0 Å². The van der Waals surface area contributed by atoms with Crippen molar-refractivity contribution in [2.75, 3.05) is 13.6 Å². The van der Waals surface area contributed by atoms with Crippen molar-refractivity contribution in [1.29, 1.82) is 0 Å². The van der Waals surface area contributed by atoms with Gasteiger partial charge in [-0.2, -0.15) is 0 Å². The molecule has 0 spiro atoms. The summed E-state index contributed by atoms with van der Waals surface area (Å²) >= 11 is 0. The van der Waals surface area contributed by atoms with Gasteiger partial charge in [-0.3, -0.25) is 0 Å². The van der Waals surface area contributed by atoms with Gasteiger partial charge in [-0.15, -0.1) is 0 Å². The van der Waals surface area contributed by atoms with Gasteiger partial charge in [-0.1, -0.05) is 43.7 Å². The molecule has 2 rings (SSSR count). The minimum Gasteiger partial charge on any atom is -0.319 e. The van der Waals surface area contributed by atoms with Crippen LogP contribution in [0.2, 0.25) is 0 Å². The number of aryl methyl sites for hydroxylation is 1. The molecule has 1 saturated carbocycles. The van der Waals surface area contributed by atoms with Crippen molar-refractivity contribution < 1.29 is 0 Å². The van der Waals surface area contributed by atoms with Crippen LogP contribution in [0.25, 0.3) is 0 Å².